The van der Waals surface area contributed by atoms with Crippen LogP contribution < -0.4 is 16.8 Å². The minimum absolute atomic E-state index is 0.242. The standard InChI is InChI=1S/C10H17N3O/c11-9-4-3-8(7-10(9)12)13-5-1-2-6-14/h3-4,7,13-14H,1-2,5-6,11-12H2. The van der Waals surface area contributed by atoms with Gasteiger partial charge in [0.25, 0.3) is 0 Å². The van der Waals surface area contributed by atoms with E-state index in [0.29, 0.717) is 11.4 Å². The number of rotatable bonds is 5. The second-order valence-corrected chi connectivity index (χ2v) is 3.20. The van der Waals surface area contributed by atoms with Gasteiger partial charge in [-0.15, -0.1) is 0 Å². The van der Waals surface area contributed by atoms with Gasteiger partial charge in [-0.3, -0.25) is 0 Å². The predicted molar refractivity (Wildman–Crippen MR) is 60.1 cm³/mol. The topological polar surface area (TPSA) is 84.3 Å². The smallest absolute Gasteiger partial charge is 0.0568 e. The summed E-state index contributed by atoms with van der Waals surface area (Å²) in [7, 11) is 0. The van der Waals surface area contributed by atoms with Crippen molar-refractivity contribution in [3.63, 3.8) is 0 Å². The van der Waals surface area contributed by atoms with Gasteiger partial charge in [-0.1, -0.05) is 0 Å². The fourth-order valence-corrected chi connectivity index (χ4v) is 1.15. The summed E-state index contributed by atoms with van der Waals surface area (Å²) < 4.78 is 0. The lowest BCUT2D eigenvalue weighted by Crippen LogP contribution is -2.03. The monoisotopic (exact) mass is 195 g/mol. The first-order valence-electron chi connectivity index (χ1n) is 4.74. The van der Waals surface area contributed by atoms with E-state index in [1.54, 1.807) is 6.07 Å². The molecule has 0 spiro atoms. The van der Waals surface area contributed by atoms with Crippen molar-refractivity contribution in [1.82, 2.24) is 0 Å². The molecule has 0 aliphatic carbocycles. The van der Waals surface area contributed by atoms with Crippen LogP contribution in [0.2, 0.25) is 0 Å². The molecular weight excluding hydrogens is 178 g/mol. The molecule has 14 heavy (non-hydrogen) atoms. The van der Waals surface area contributed by atoms with Crippen molar-refractivity contribution in [3.8, 4) is 0 Å². The van der Waals surface area contributed by atoms with Crippen LogP contribution in [0.4, 0.5) is 17.1 Å². The van der Waals surface area contributed by atoms with Gasteiger partial charge in [0.1, 0.15) is 0 Å². The van der Waals surface area contributed by atoms with Gasteiger partial charge in [0.15, 0.2) is 0 Å². The second-order valence-electron chi connectivity index (χ2n) is 3.20. The number of nitrogen functional groups attached to an aromatic ring is 2. The third-order valence-electron chi connectivity index (χ3n) is 2.00. The Kier molecular flexibility index (Phi) is 4.07. The first-order chi connectivity index (χ1) is 6.74. The Morgan fingerprint density at radius 3 is 2.57 bits per heavy atom. The van der Waals surface area contributed by atoms with E-state index in [2.05, 4.69) is 5.32 Å². The molecule has 0 bridgehead atoms. The number of benzene rings is 1. The molecule has 0 aromatic heterocycles. The van der Waals surface area contributed by atoms with Crippen molar-refractivity contribution in [1.29, 1.82) is 0 Å². The lowest BCUT2D eigenvalue weighted by molar-refractivity contribution is 0.286. The van der Waals surface area contributed by atoms with E-state index in [-0.39, 0.29) is 6.61 Å². The van der Waals surface area contributed by atoms with Crippen LogP contribution in [0, 0.1) is 0 Å². The number of hydrogen-bond acceptors (Lipinski definition) is 4. The second kappa shape index (κ2) is 5.34. The van der Waals surface area contributed by atoms with Gasteiger partial charge in [0, 0.05) is 18.8 Å². The molecule has 0 atom stereocenters. The van der Waals surface area contributed by atoms with Gasteiger partial charge in [-0.25, -0.2) is 0 Å². The Labute approximate surface area is 83.9 Å². The van der Waals surface area contributed by atoms with Crippen molar-refractivity contribution in [2.24, 2.45) is 0 Å². The van der Waals surface area contributed by atoms with Gasteiger partial charge < -0.3 is 21.9 Å². The summed E-state index contributed by atoms with van der Waals surface area (Å²) in [5, 5.41) is 11.8. The van der Waals surface area contributed by atoms with Crippen molar-refractivity contribution in [2.75, 3.05) is 29.9 Å². The van der Waals surface area contributed by atoms with Gasteiger partial charge in [-0.2, -0.15) is 0 Å². The van der Waals surface area contributed by atoms with E-state index in [4.69, 9.17) is 16.6 Å². The summed E-state index contributed by atoms with van der Waals surface area (Å²) in [6.07, 6.45) is 1.76. The quantitative estimate of drug-likeness (QED) is 0.418. The minimum Gasteiger partial charge on any atom is -0.397 e. The summed E-state index contributed by atoms with van der Waals surface area (Å²) in [5.74, 6) is 0. The number of nitrogens with one attached hydrogen (secondary N) is 1. The lowest BCUT2D eigenvalue weighted by atomic mass is 10.2. The number of nitrogens with two attached hydrogens (primary N) is 2. The van der Waals surface area contributed by atoms with E-state index in [1.807, 2.05) is 12.1 Å². The molecule has 0 heterocycles. The fraction of sp³-hybridized carbons (Fsp3) is 0.400. The first kappa shape index (κ1) is 10.7. The largest absolute Gasteiger partial charge is 0.397 e. The van der Waals surface area contributed by atoms with Gasteiger partial charge in [0.2, 0.25) is 0 Å². The van der Waals surface area contributed by atoms with Crippen LogP contribution in [0.5, 0.6) is 0 Å². The number of anilines is 3. The maximum absolute atomic E-state index is 8.58. The maximum atomic E-state index is 8.58. The van der Waals surface area contributed by atoms with E-state index in [1.165, 1.54) is 0 Å². The molecule has 1 aromatic carbocycles. The van der Waals surface area contributed by atoms with Crippen LogP contribution in [-0.2, 0) is 0 Å². The normalized spacial score (nSPS) is 10.1. The predicted octanol–water partition coefficient (Wildman–Crippen LogP) is 1.04. The number of hydrogen-bond donors (Lipinski definition) is 4. The van der Waals surface area contributed by atoms with Gasteiger partial charge in [-0.05, 0) is 31.0 Å². The zero-order valence-corrected chi connectivity index (χ0v) is 8.16. The van der Waals surface area contributed by atoms with Crippen LogP contribution >= 0.6 is 0 Å². The van der Waals surface area contributed by atoms with Crippen molar-refractivity contribution in [3.05, 3.63) is 18.2 Å². The van der Waals surface area contributed by atoms with Crippen molar-refractivity contribution >= 4 is 17.1 Å². The highest BCUT2D eigenvalue weighted by molar-refractivity contribution is 5.69. The van der Waals surface area contributed by atoms with Crippen LogP contribution in [-0.4, -0.2) is 18.3 Å². The average Bonchev–Trinajstić information content (AvgIpc) is 2.18. The van der Waals surface area contributed by atoms with Crippen LogP contribution in [0.1, 0.15) is 12.8 Å². The molecular formula is C10H17N3O. The molecule has 4 heteroatoms. The molecule has 0 radical (unpaired) electrons. The third-order valence-corrected chi connectivity index (χ3v) is 2.00. The highest BCUT2D eigenvalue weighted by atomic mass is 16.2. The van der Waals surface area contributed by atoms with E-state index in [0.717, 1.165) is 25.1 Å². The van der Waals surface area contributed by atoms with Crippen LogP contribution in [0.15, 0.2) is 18.2 Å². The molecule has 0 unspecified atom stereocenters. The zero-order chi connectivity index (χ0) is 10.4. The highest BCUT2D eigenvalue weighted by Crippen LogP contribution is 2.19. The Hall–Kier alpha value is -1.42. The molecule has 0 fully saturated rings. The summed E-state index contributed by atoms with van der Waals surface area (Å²) >= 11 is 0. The lowest BCUT2D eigenvalue weighted by Gasteiger charge is -2.07. The summed E-state index contributed by atoms with van der Waals surface area (Å²) in [4.78, 5) is 0. The zero-order valence-electron chi connectivity index (χ0n) is 8.16. The summed E-state index contributed by atoms with van der Waals surface area (Å²) in [6.45, 7) is 1.08. The first-order valence-corrected chi connectivity index (χ1v) is 4.74. The Morgan fingerprint density at radius 1 is 1.14 bits per heavy atom. The SMILES string of the molecule is Nc1ccc(NCCCCO)cc1N. The molecule has 6 N–H and O–H groups in total. The molecule has 1 rings (SSSR count). The number of aliphatic hydroxyl groups excluding tert-OH is 1. The molecule has 0 aliphatic rings. The van der Waals surface area contributed by atoms with Crippen molar-refractivity contribution < 1.29 is 5.11 Å². The fourth-order valence-electron chi connectivity index (χ4n) is 1.15. The van der Waals surface area contributed by atoms with E-state index < -0.39 is 0 Å². The van der Waals surface area contributed by atoms with Gasteiger partial charge >= 0.3 is 0 Å². The van der Waals surface area contributed by atoms with Crippen molar-refractivity contribution in [2.45, 2.75) is 12.8 Å². The molecule has 0 amide bonds. The highest BCUT2D eigenvalue weighted by Gasteiger charge is 1.96. The van der Waals surface area contributed by atoms with Crippen LogP contribution in [0.3, 0.4) is 0 Å². The Morgan fingerprint density at radius 2 is 1.93 bits per heavy atom. The number of aliphatic hydroxyl groups is 1. The molecule has 1 aromatic rings. The number of unbranched alkanes of at least 4 members (excludes halogenated alkanes) is 1. The van der Waals surface area contributed by atoms with Crippen LogP contribution in [0.25, 0.3) is 0 Å². The minimum atomic E-state index is 0.242. The Balaban J connectivity index is 2.39. The summed E-state index contributed by atoms with van der Waals surface area (Å²) in [6, 6.07) is 5.49. The molecule has 4 nitrogen and oxygen atoms in total. The third kappa shape index (κ3) is 3.14. The van der Waals surface area contributed by atoms with Gasteiger partial charge in [0.05, 0.1) is 11.4 Å². The van der Waals surface area contributed by atoms with E-state index in [9.17, 15) is 0 Å². The maximum Gasteiger partial charge on any atom is 0.0568 e. The van der Waals surface area contributed by atoms with E-state index >= 15 is 0 Å². The summed E-state index contributed by atoms with van der Waals surface area (Å²) in [5.41, 5.74) is 13.4. The molecule has 0 saturated carbocycles. The molecule has 0 saturated heterocycles. The Bertz CT molecular complexity index is 289. The average molecular weight is 195 g/mol. The molecule has 78 valence electrons. The molecule has 0 aliphatic heterocycles.